The molecule has 4 rings (SSSR count). The molecular weight excluding hydrogens is 394 g/mol. The Balaban J connectivity index is 1.86. The van der Waals surface area contributed by atoms with Crippen LogP contribution in [0.4, 0.5) is 11.4 Å². The Morgan fingerprint density at radius 1 is 1.13 bits per heavy atom. The van der Waals surface area contributed by atoms with Crippen LogP contribution in [0, 0.1) is 28.9 Å². The summed E-state index contributed by atoms with van der Waals surface area (Å²) in [5.74, 6) is 1.20. The molecule has 0 radical (unpaired) electrons. The zero-order chi connectivity index (χ0) is 21.3. The molecule has 3 atom stereocenters. The molecule has 6 heteroatoms. The van der Waals surface area contributed by atoms with E-state index in [0.29, 0.717) is 17.9 Å². The van der Waals surface area contributed by atoms with Gasteiger partial charge in [-0.25, -0.2) is 4.99 Å². The number of nitrogens with zero attached hydrogens (tertiary/aromatic N) is 3. The van der Waals surface area contributed by atoms with Crippen molar-refractivity contribution in [3.63, 3.8) is 0 Å². The SMILES string of the molecule is Cc1cccc(N=c2scc(-c3ccc([N+](=O)[O-])cc3)n2C2CCCC(C)C2C)c1. The monoisotopic (exact) mass is 421 g/mol. The van der Waals surface area contributed by atoms with E-state index in [1.807, 2.05) is 24.3 Å². The lowest BCUT2D eigenvalue weighted by molar-refractivity contribution is -0.384. The number of benzene rings is 2. The molecule has 0 aliphatic heterocycles. The first kappa shape index (κ1) is 20.5. The Labute approximate surface area is 180 Å². The number of hydrogen-bond acceptors (Lipinski definition) is 4. The molecule has 1 saturated carbocycles. The Morgan fingerprint density at radius 3 is 2.60 bits per heavy atom. The van der Waals surface area contributed by atoms with Crippen molar-refractivity contribution in [3.05, 3.63) is 74.4 Å². The molecule has 1 aliphatic carbocycles. The molecule has 0 saturated heterocycles. The second kappa shape index (κ2) is 8.56. The first-order valence-electron chi connectivity index (χ1n) is 10.5. The topological polar surface area (TPSA) is 60.4 Å². The molecule has 2 aromatic carbocycles. The maximum atomic E-state index is 11.1. The molecule has 3 unspecified atom stereocenters. The number of aryl methyl sites for hydroxylation is 1. The van der Waals surface area contributed by atoms with Gasteiger partial charge in [0.25, 0.3) is 5.69 Å². The lowest BCUT2D eigenvalue weighted by atomic mass is 9.78. The molecule has 156 valence electrons. The predicted molar refractivity (Wildman–Crippen MR) is 122 cm³/mol. The molecular formula is C24H27N3O2S. The Morgan fingerprint density at radius 2 is 1.90 bits per heavy atom. The van der Waals surface area contributed by atoms with Gasteiger partial charge >= 0.3 is 0 Å². The van der Waals surface area contributed by atoms with Crippen LogP contribution in [0.2, 0.25) is 0 Å². The summed E-state index contributed by atoms with van der Waals surface area (Å²) in [6.45, 7) is 6.76. The highest BCUT2D eigenvalue weighted by Crippen LogP contribution is 2.39. The van der Waals surface area contributed by atoms with E-state index in [2.05, 4.69) is 42.9 Å². The summed E-state index contributed by atoms with van der Waals surface area (Å²) in [6.07, 6.45) is 3.60. The van der Waals surface area contributed by atoms with Crippen LogP contribution in [0.5, 0.6) is 0 Å². The second-order valence-electron chi connectivity index (χ2n) is 8.36. The van der Waals surface area contributed by atoms with Crippen molar-refractivity contribution >= 4 is 22.7 Å². The van der Waals surface area contributed by atoms with Gasteiger partial charge in [-0.1, -0.05) is 38.8 Å². The highest BCUT2D eigenvalue weighted by molar-refractivity contribution is 7.07. The van der Waals surface area contributed by atoms with E-state index in [1.54, 1.807) is 23.5 Å². The van der Waals surface area contributed by atoms with E-state index in [9.17, 15) is 10.1 Å². The minimum absolute atomic E-state index is 0.116. The van der Waals surface area contributed by atoms with Crippen LogP contribution in [0.3, 0.4) is 0 Å². The standard InChI is InChI=1S/C24H27N3O2S/c1-16-6-4-8-20(14-16)25-24-26(22-9-5-7-17(2)18(22)3)23(15-30-24)19-10-12-21(13-11-19)27(28)29/h4,6,8,10-15,17-18,22H,5,7,9H2,1-3H3. The average Bonchev–Trinajstić information content (AvgIpc) is 3.13. The van der Waals surface area contributed by atoms with Crippen LogP contribution >= 0.6 is 11.3 Å². The van der Waals surface area contributed by atoms with E-state index >= 15 is 0 Å². The van der Waals surface area contributed by atoms with Crippen molar-refractivity contribution in [2.45, 2.75) is 46.1 Å². The van der Waals surface area contributed by atoms with Crippen molar-refractivity contribution in [2.24, 2.45) is 16.8 Å². The number of aromatic nitrogens is 1. The van der Waals surface area contributed by atoms with Crippen molar-refractivity contribution in [3.8, 4) is 11.3 Å². The fraction of sp³-hybridized carbons (Fsp3) is 0.375. The van der Waals surface area contributed by atoms with Gasteiger partial charge in [0.05, 0.1) is 16.3 Å². The van der Waals surface area contributed by atoms with Crippen LogP contribution in [0.1, 0.15) is 44.7 Å². The lowest BCUT2D eigenvalue weighted by Gasteiger charge is -2.36. The third kappa shape index (κ3) is 4.10. The normalized spacial score (nSPS) is 22.2. The van der Waals surface area contributed by atoms with Gasteiger partial charge in [0, 0.05) is 23.6 Å². The summed E-state index contributed by atoms with van der Waals surface area (Å²) >= 11 is 1.64. The molecule has 0 N–H and O–H groups in total. The van der Waals surface area contributed by atoms with Crippen molar-refractivity contribution < 1.29 is 4.92 Å². The molecule has 0 spiro atoms. The zero-order valence-corrected chi connectivity index (χ0v) is 18.4. The van der Waals surface area contributed by atoms with Gasteiger partial charge < -0.3 is 4.57 Å². The fourth-order valence-electron chi connectivity index (χ4n) is 4.41. The fourth-order valence-corrected chi connectivity index (χ4v) is 5.39. The summed E-state index contributed by atoms with van der Waals surface area (Å²) in [5.41, 5.74) is 4.34. The first-order chi connectivity index (χ1) is 14.4. The zero-order valence-electron chi connectivity index (χ0n) is 17.6. The summed E-state index contributed by atoms with van der Waals surface area (Å²) in [7, 11) is 0. The maximum Gasteiger partial charge on any atom is 0.269 e. The number of nitro benzene ring substituents is 1. The third-order valence-electron chi connectivity index (χ3n) is 6.34. The van der Waals surface area contributed by atoms with E-state index in [0.717, 1.165) is 28.2 Å². The number of hydrogen-bond donors (Lipinski definition) is 0. The van der Waals surface area contributed by atoms with Crippen LogP contribution in [-0.2, 0) is 0 Å². The highest BCUT2D eigenvalue weighted by atomic mass is 32.1. The van der Waals surface area contributed by atoms with Gasteiger partial charge in [-0.2, -0.15) is 0 Å². The van der Waals surface area contributed by atoms with Gasteiger partial charge in [-0.15, -0.1) is 11.3 Å². The second-order valence-corrected chi connectivity index (χ2v) is 9.20. The minimum Gasteiger partial charge on any atom is -0.313 e. The van der Waals surface area contributed by atoms with Crippen LogP contribution in [0.15, 0.2) is 58.9 Å². The quantitative estimate of drug-likeness (QED) is 0.349. The molecule has 1 aliphatic rings. The Bertz CT molecular complexity index is 1110. The highest BCUT2D eigenvalue weighted by Gasteiger charge is 2.30. The van der Waals surface area contributed by atoms with Gasteiger partial charge in [0.15, 0.2) is 4.80 Å². The van der Waals surface area contributed by atoms with Crippen molar-refractivity contribution in [1.82, 2.24) is 4.57 Å². The smallest absolute Gasteiger partial charge is 0.269 e. The third-order valence-corrected chi connectivity index (χ3v) is 7.18. The Hall–Kier alpha value is -2.73. The largest absolute Gasteiger partial charge is 0.313 e. The number of nitro groups is 1. The van der Waals surface area contributed by atoms with E-state index in [1.165, 1.54) is 18.4 Å². The molecule has 0 bridgehead atoms. The molecule has 30 heavy (non-hydrogen) atoms. The van der Waals surface area contributed by atoms with E-state index < -0.39 is 0 Å². The van der Waals surface area contributed by atoms with Crippen LogP contribution in [-0.4, -0.2) is 9.49 Å². The Kier molecular flexibility index (Phi) is 5.86. The van der Waals surface area contributed by atoms with Crippen molar-refractivity contribution in [1.29, 1.82) is 0 Å². The van der Waals surface area contributed by atoms with Crippen molar-refractivity contribution in [2.75, 3.05) is 0 Å². The molecule has 0 amide bonds. The number of thiazole rings is 1. The van der Waals surface area contributed by atoms with Crippen LogP contribution in [0.25, 0.3) is 11.3 Å². The molecule has 3 aromatic rings. The minimum atomic E-state index is -0.352. The molecule has 5 nitrogen and oxygen atoms in total. The van der Waals surface area contributed by atoms with Crippen LogP contribution < -0.4 is 4.80 Å². The van der Waals surface area contributed by atoms with Gasteiger partial charge in [-0.05, 0) is 60.6 Å². The summed E-state index contributed by atoms with van der Waals surface area (Å²) < 4.78 is 2.38. The average molecular weight is 422 g/mol. The van der Waals surface area contributed by atoms with Gasteiger partial charge in [0.2, 0.25) is 0 Å². The summed E-state index contributed by atoms with van der Waals surface area (Å²) in [6, 6.07) is 15.5. The lowest BCUT2D eigenvalue weighted by Crippen LogP contribution is -2.32. The first-order valence-corrected chi connectivity index (χ1v) is 11.4. The van der Waals surface area contributed by atoms with E-state index in [-0.39, 0.29) is 10.6 Å². The molecule has 1 heterocycles. The summed E-state index contributed by atoms with van der Waals surface area (Å²) in [4.78, 5) is 16.7. The number of rotatable bonds is 4. The summed E-state index contributed by atoms with van der Waals surface area (Å²) in [5, 5.41) is 13.2. The van der Waals surface area contributed by atoms with Gasteiger partial charge in [-0.3, -0.25) is 10.1 Å². The van der Waals surface area contributed by atoms with Gasteiger partial charge in [0.1, 0.15) is 0 Å². The van der Waals surface area contributed by atoms with E-state index in [4.69, 9.17) is 4.99 Å². The number of non-ortho nitro benzene ring substituents is 1. The molecule has 1 aromatic heterocycles. The predicted octanol–water partition coefficient (Wildman–Crippen LogP) is 6.66. The maximum absolute atomic E-state index is 11.1. The molecule has 1 fully saturated rings.